The molecule has 0 aliphatic rings. The van der Waals surface area contributed by atoms with E-state index in [0.717, 1.165) is 5.69 Å². The molecule has 1 heterocycles. The fraction of sp³-hybridized carbons (Fsp3) is 0.0909. The van der Waals surface area contributed by atoms with Crippen molar-refractivity contribution in [3.63, 3.8) is 0 Å². The highest BCUT2D eigenvalue weighted by Gasteiger charge is 2.03. The van der Waals surface area contributed by atoms with Gasteiger partial charge in [-0.3, -0.25) is 4.79 Å². The quantitative estimate of drug-likeness (QED) is 0.815. The predicted molar refractivity (Wildman–Crippen MR) is 66.9 cm³/mol. The summed E-state index contributed by atoms with van der Waals surface area (Å²) in [5.41, 5.74) is 1.44. The molecule has 0 saturated heterocycles. The fourth-order valence-electron chi connectivity index (χ4n) is 1.49. The van der Waals surface area contributed by atoms with Crippen molar-refractivity contribution in [2.24, 2.45) is 0 Å². The summed E-state index contributed by atoms with van der Waals surface area (Å²) in [6, 6.07) is 6.82. The number of rotatable bonds is 2. The van der Waals surface area contributed by atoms with Crippen LogP contribution in [0.15, 0.2) is 29.1 Å². The van der Waals surface area contributed by atoms with Crippen LogP contribution in [0.4, 0.5) is 0 Å². The van der Waals surface area contributed by atoms with Crippen LogP contribution in [0.1, 0.15) is 5.69 Å². The van der Waals surface area contributed by atoms with Crippen LogP contribution in [0.5, 0.6) is 0 Å². The second kappa shape index (κ2) is 4.13. The van der Waals surface area contributed by atoms with E-state index in [1.54, 1.807) is 29.6 Å². The minimum Gasteiger partial charge on any atom is -0.357 e. The number of hydrogen-bond acceptors (Lipinski definition) is 2. The van der Waals surface area contributed by atoms with E-state index >= 15 is 0 Å². The Hall–Kier alpha value is -1.19. The lowest BCUT2D eigenvalue weighted by molar-refractivity contribution is 1.19. The third kappa shape index (κ3) is 1.94. The van der Waals surface area contributed by atoms with Crippen LogP contribution in [0.25, 0.3) is 10.9 Å². The molecule has 4 heteroatoms. The normalized spacial score (nSPS) is 10.5. The highest BCUT2D eigenvalue weighted by molar-refractivity contribution is 7.78. The molecule has 0 unspecified atom stereocenters. The number of hydrogen-bond donors (Lipinski definition) is 1. The van der Waals surface area contributed by atoms with Gasteiger partial charge in [-0.25, -0.2) is 0 Å². The molecule has 2 nitrogen and oxygen atoms in total. The van der Waals surface area contributed by atoms with Gasteiger partial charge in [-0.15, -0.1) is 0 Å². The van der Waals surface area contributed by atoms with Crippen molar-refractivity contribution in [1.29, 1.82) is 0 Å². The first kappa shape index (κ1) is 10.3. The standard InChI is InChI=1S/C11H8ClNOS/c12-9-3-1-2-8-10(14)6-7(4-5-15)13-11(8)9/h1-3,5-6H,4H2,(H,13,14). The van der Waals surface area contributed by atoms with E-state index in [1.165, 1.54) is 0 Å². The monoisotopic (exact) mass is 237 g/mol. The van der Waals surface area contributed by atoms with Gasteiger partial charge in [-0.05, 0) is 17.5 Å². The van der Waals surface area contributed by atoms with Crippen molar-refractivity contribution in [2.45, 2.75) is 6.42 Å². The van der Waals surface area contributed by atoms with E-state index in [0.29, 0.717) is 22.3 Å². The van der Waals surface area contributed by atoms with Gasteiger partial charge in [0.05, 0.1) is 10.5 Å². The van der Waals surface area contributed by atoms with Crippen molar-refractivity contribution >= 4 is 40.1 Å². The van der Waals surface area contributed by atoms with Gasteiger partial charge < -0.3 is 4.98 Å². The van der Waals surface area contributed by atoms with Gasteiger partial charge in [0.25, 0.3) is 0 Å². The number of para-hydroxylation sites is 1. The third-order valence-electron chi connectivity index (χ3n) is 2.17. The number of thiocarbonyl (C=S) groups is 1. The maximum Gasteiger partial charge on any atom is 0.189 e. The number of aromatic nitrogens is 1. The number of H-pyrrole nitrogens is 1. The summed E-state index contributed by atoms with van der Waals surface area (Å²) in [7, 11) is 0. The summed E-state index contributed by atoms with van der Waals surface area (Å²) >= 11 is 10.7. The van der Waals surface area contributed by atoms with E-state index in [1.807, 2.05) is 0 Å². The van der Waals surface area contributed by atoms with Gasteiger partial charge in [0.15, 0.2) is 5.43 Å². The highest BCUT2D eigenvalue weighted by Crippen LogP contribution is 2.18. The molecule has 0 atom stereocenters. The Labute approximate surface area is 96.9 Å². The van der Waals surface area contributed by atoms with Gasteiger partial charge in [-0.1, -0.05) is 29.9 Å². The Morgan fingerprint density at radius 3 is 3.00 bits per heavy atom. The highest BCUT2D eigenvalue weighted by atomic mass is 35.5. The van der Waals surface area contributed by atoms with Crippen LogP contribution < -0.4 is 5.43 Å². The molecule has 2 rings (SSSR count). The zero-order valence-corrected chi connectivity index (χ0v) is 9.36. The molecular weight excluding hydrogens is 230 g/mol. The molecule has 0 aliphatic heterocycles. The molecule has 0 fully saturated rings. The average molecular weight is 238 g/mol. The number of fused-ring (bicyclic) bond motifs is 1. The fourth-order valence-corrected chi connectivity index (χ4v) is 1.89. The van der Waals surface area contributed by atoms with Crippen LogP contribution in [0, 0.1) is 0 Å². The Morgan fingerprint density at radius 2 is 2.27 bits per heavy atom. The molecule has 0 aliphatic carbocycles. The van der Waals surface area contributed by atoms with Crippen molar-refractivity contribution in [2.75, 3.05) is 0 Å². The zero-order valence-electron chi connectivity index (χ0n) is 7.79. The maximum absolute atomic E-state index is 11.7. The number of halogens is 1. The van der Waals surface area contributed by atoms with E-state index < -0.39 is 0 Å². The number of benzene rings is 1. The number of pyridine rings is 1. The smallest absolute Gasteiger partial charge is 0.189 e. The molecule has 76 valence electrons. The van der Waals surface area contributed by atoms with Gasteiger partial charge in [-0.2, -0.15) is 0 Å². The van der Waals surface area contributed by atoms with E-state index in [9.17, 15) is 4.79 Å². The van der Waals surface area contributed by atoms with Crippen LogP contribution in [0.2, 0.25) is 5.02 Å². The Balaban J connectivity index is 2.79. The second-order valence-electron chi connectivity index (χ2n) is 3.19. The Morgan fingerprint density at radius 1 is 1.47 bits per heavy atom. The third-order valence-corrected chi connectivity index (χ3v) is 2.65. The summed E-state index contributed by atoms with van der Waals surface area (Å²) in [6.07, 6.45) is 0.561. The molecule has 0 radical (unpaired) electrons. The SMILES string of the molecule is O=c1cc(CC=S)[nH]c2c(Cl)cccc12. The van der Waals surface area contributed by atoms with E-state index in [-0.39, 0.29) is 5.43 Å². The van der Waals surface area contributed by atoms with Gasteiger partial charge >= 0.3 is 0 Å². The summed E-state index contributed by atoms with van der Waals surface area (Å²) in [5.74, 6) is 0. The summed E-state index contributed by atoms with van der Waals surface area (Å²) in [4.78, 5) is 14.8. The van der Waals surface area contributed by atoms with Crippen molar-refractivity contribution in [3.05, 3.63) is 45.2 Å². The lowest BCUT2D eigenvalue weighted by Gasteiger charge is -2.02. The van der Waals surface area contributed by atoms with E-state index in [2.05, 4.69) is 4.98 Å². The van der Waals surface area contributed by atoms with Crippen LogP contribution in [0.3, 0.4) is 0 Å². The molecule has 1 N–H and O–H groups in total. The first-order valence-electron chi connectivity index (χ1n) is 4.46. The largest absolute Gasteiger partial charge is 0.357 e. The van der Waals surface area contributed by atoms with Crippen LogP contribution >= 0.6 is 23.8 Å². The molecule has 15 heavy (non-hydrogen) atoms. The summed E-state index contributed by atoms with van der Waals surface area (Å²) in [5, 5.41) is 2.74. The number of nitrogens with one attached hydrogen (secondary N) is 1. The molecule has 1 aromatic carbocycles. The lowest BCUT2D eigenvalue weighted by atomic mass is 10.2. The minimum absolute atomic E-state index is 0.0295. The van der Waals surface area contributed by atoms with Gasteiger partial charge in [0.2, 0.25) is 0 Å². The maximum atomic E-state index is 11.7. The average Bonchev–Trinajstić information content (AvgIpc) is 2.20. The topological polar surface area (TPSA) is 32.9 Å². The van der Waals surface area contributed by atoms with Crippen LogP contribution in [-0.4, -0.2) is 10.4 Å². The molecular formula is C11H8ClNOS. The lowest BCUT2D eigenvalue weighted by Crippen LogP contribution is -2.05. The molecule has 0 amide bonds. The summed E-state index contributed by atoms with van der Waals surface area (Å²) < 4.78 is 0. The van der Waals surface area contributed by atoms with Crippen molar-refractivity contribution in [1.82, 2.24) is 4.98 Å². The molecule has 2 aromatic rings. The minimum atomic E-state index is -0.0295. The van der Waals surface area contributed by atoms with Crippen molar-refractivity contribution in [3.8, 4) is 0 Å². The first-order valence-corrected chi connectivity index (χ1v) is 5.31. The van der Waals surface area contributed by atoms with Crippen molar-refractivity contribution < 1.29 is 0 Å². The molecule has 0 saturated carbocycles. The first-order chi connectivity index (χ1) is 7.22. The van der Waals surface area contributed by atoms with Gasteiger partial charge in [0, 0.05) is 23.6 Å². The van der Waals surface area contributed by atoms with Crippen LogP contribution in [-0.2, 0) is 6.42 Å². The second-order valence-corrected chi connectivity index (χ2v) is 3.93. The van der Waals surface area contributed by atoms with E-state index in [4.69, 9.17) is 23.8 Å². The summed E-state index contributed by atoms with van der Waals surface area (Å²) in [6.45, 7) is 0. The Kier molecular flexibility index (Phi) is 2.84. The molecule has 1 aromatic heterocycles. The Bertz CT molecular complexity index is 576. The van der Waals surface area contributed by atoms with Gasteiger partial charge in [0.1, 0.15) is 0 Å². The number of aromatic amines is 1. The molecule has 0 spiro atoms. The predicted octanol–water partition coefficient (Wildman–Crippen LogP) is 2.72. The molecule has 0 bridgehead atoms. The zero-order chi connectivity index (χ0) is 10.8.